The molecule has 0 aliphatic carbocycles. The van der Waals surface area contributed by atoms with Crippen molar-refractivity contribution in [1.29, 1.82) is 0 Å². The number of Topliss-reactive ketones (excluding diaryl/α,β-unsaturated/α-hetero) is 1. The zero-order valence-electron chi connectivity index (χ0n) is 12.0. The van der Waals surface area contributed by atoms with Crippen LogP contribution in [0.2, 0.25) is 0 Å². The molecule has 0 N–H and O–H groups in total. The Bertz CT molecular complexity index is 701. The molecule has 0 saturated carbocycles. The van der Waals surface area contributed by atoms with E-state index in [1.54, 1.807) is 13.3 Å². The molecule has 110 valence electrons. The molecule has 0 bridgehead atoms. The summed E-state index contributed by atoms with van der Waals surface area (Å²) in [5.41, 5.74) is 2.99. The molecule has 1 aromatic carbocycles. The molecule has 1 aromatic heterocycles. The molecule has 0 radical (unpaired) electrons. The molecule has 0 atom stereocenters. The number of nitrogens with zero attached hydrogens (tertiary/aromatic N) is 1. The summed E-state index contributed by atoms with van der Waals surface area (Å²) in [7, 11) is 1.60. The van der Waals surface area contributed by atoms with E-state index in [9.17, 15) is 9.18 Å². The minimum Gasteiger partial charge on any atom is -0.496 e. The zero-order valence-corrected chi connectivity index (χ0v) is 14.2. The molecule has 0 aliphatic heterocycles. The number of carbonyl (C=O) groups is 1. The van der Waals surface area contributed by atoms with E-state index < -0.39 is 0 Å². The van der Waals surface area contributed by atoms with E-state index >= 15 is 0 Å². The molecule has 2 rings (SSSR count). The van der Waals surface area contributed by atoms with Crippen LogP contribution in [0.1, 0.15) is 27.2 Å². The number of ether oxygens (including phenoxy) is 1. The lowest BCUT2D eigenvalue weighted by atomic mass is 10.0. The number of hydrogen-bond donors (Lipinski definition) is 0. The second-order valence-electron chi connectivity index (χ2n) is 4.77. The number of rotatable bonds is 4. The van der Waals surface area contributed by atoms with Gasteiger partial charge in [-0.3, -0.25) is 9.78 Å². The Morgan fingerprint density at radius 1 is 1.38 bits per heavy atom. The average Bonchev–Trinajstić information content (AvgIpc) is 2.42. The fourth-order valence-corrected chi connectivity index (χ4v) is 2.99. The van der Waals surface area contributed by atoms with Crippen LogP contribution in [0.15, 0.2) is 24.4 Å². The Kier molecular flexibility index (Phi) is 4.92. The molecule has 0 saturated heterocycles. The van der Waals surface area contributed by atoms with E-state index in [0.29, 0.717) is 14.8 Å². The number of pyridine rings is 1. The van der Waals surface area contributed by atoms with Crippen molar-refractivity contribution in [2.24, 2.45) is 0 Å². The van der Waals surface area contributed by atoms with Crippen LogP contribution in [-0.2, 0) is 6.42 Å². The van der Waals surface area contributed by atoms with Crippen molar-refractivity contribution in [2.75, 3.05) is 7.11 Å². The van der Waals surface area contributed by atoms with Gasteiger partial charge in [-0.25, -0.2) is 4.39 Å². The van der Waals surface area contributed by atoms with Gasteiger partial charge in [-0.1, -0.05) is 0 Å². The number of carbonyl (C=O) groups excluding carboxylic acids is 1. The fourth-order valence-electron chi connectivity index (χ4n) is 2.21. The SMILES string of the molecule is COc1c(C)cnc(CC(=O)c2ccc(F)cc2I)c1C. The van der Waals surface area contributed by atoms with Crippen molar-refractivity contribution >= 4 is 28.4 Å². The predicted octanol–water partition coefficient (Wildman–Crippen LogP) is 3.88. The first-order chi connectivity index (χ1) is 9.93. The summed E-state index contributed by atoms with van der Waals surface area (Å²) in [6, 6.07) is 4.16. The van der Waals surface area contributed by atoms with Crippen LogP contribution in [0.25, 0.3) is 0 Å². The van der Waals surface area contributed by atoms with Crippen LogP contribution < -0.4 is 4.74 Å². The third-order valence-corrected chi connectivity index (χ3v) is 4.20. The predicted molar refractivity (Wildman–Crippen MR) is 87.4 cm³/mol. The third kappa shape index (κ3) is 3.40. The molecule has 1 heterocycles. The Hall–Kier alpha value is -1.50. The van der Waals surface area contributed by atoms with Crippen LogP contribution in [-0.4, -0.2) is 17.9 Å². The van der Waals surface area contributed by atoms with Crippen molar-refractivity contribution in [1.82, 2.24) is 4.98 Å². The maximum absolute atomic E-state index is 13.1. The van der Waals surface area contributed by atoms with E-state index in [-0.39, 0.29) is 18.0 Å². The van der Waals surface area contributed by atoms with E-state index in [0.717, 1.165) is 16.9 Å². The second-order valence-corrected chi connectivity index (χ2v) is 5.93. The number of benzene rings is 1. The Morgan fingerprint density at radius 2 is 2.10 bits per heavy atom. The zero-order chi connectivity index (χ0) is 15.6. The fraction of sp³-hybridized carbons (Fsp3) is 0.250. The molecule has 0 unspecified atom stereocenters. The summed E-state index contributed by atoms with van der Waals surface area (Å²) in [6.45, 7) is 3.80. The molecule has 5 heteroatoms. The largest absolute Gasteiger partial charge is 0.496 e. The van der Waals surface area contributed by atoms with Crippen molar-refractivity contribution in [3.8, 4) is 5.75 Å². The maximum Gasteiger partial charge on any atom is 0.169 e. The Morgan fingerprint density at radius 3 is 2.71 bits per heavy atom. The summed E-state index contributed by atoms with van der Waals surface area (Å²) in [5, 5.41) is 0. The van der Waals surface area contributed by atoms with Crippen LogP contribution >= 0.6 is 22.6 Å². The Balaban J connectivity index is 2.32. The molecule has 0 fully saturated rings. The van der Waals surface area contributed by atoms with Gasteiger partial charge in [-0.05, 0) is 54.6 Å². The number of aryl methyl sites for hydroxylation is 1. The topological polar surface area (TPSA) is 39.2 Å². The summed E-state index contributed by atoms with van der Waals surface area (Å²) < 4.78 is 19.0. The summed E-state index contributed by atoms with van der Waals surface area (Å²) >= 11 is 1.97. The highest BCUT2D eigenvalue weighted by Gasteiger charge is 2.16. The molecular formula is C16H15FINO2. The van der Waals surface area contributed by atoms with Crippen molar-refractivity contribution in [2.45, 2.75) is 20.3 Å². The van der Waals surface area contributed by atoms with Crippen LogP contribution in [0.3, 0.4) is 0 Å². The van der Waals surface area contributed by atoms with Gasteiger partial charge < -0.3 is 4.74 Å². The highest BCUT2D eigenvalue weighted by molar-refractivity contribution is 14.1. The molecule has 21 heavy (non-hydrogen) atoms. The maximum atomic E-state index is 13.1. The number of methoxy groups -OCH3 is 1. The van der Waals surface area contributed by atoms with Gasteiger partial charge in [-0.2, -0.15) is 0 Å². The van der Waals surface area contributed by atoms with Crippen molar-refractivity contribution in [3.05, 3.63) is 56.2 Å². The highest BCUT2D eigenvalue weighted by atomic mass is 127. The van der Waals surface area contributed by atoms with Gasteiger partial charge in [0, 0.05) is 26.5 Å². The van der Waals surface area contributed by atoms with Crippen LogP contribution in [0.5, 0.6) is 5.75 Å². The molecule has 0 aliphatic rings. The number of aromatic nitrogens is 1. The van der Waals surface area contributed by atoms with Gasteiger partial charge in [0.2, 0.25) is 0 Å². The van der Waals surface area contributed by atoms with Gasteiger partial charge in [0.05, 0.1) is 19.2 Å². The van der Waals surface area contributed by atoms with Gasteiger partial charge in [-0.15, -0.1) is 0 Å². The molecule has 3 nitrogen and oxygen atoms in total. The quantitative estimate of drug-likeness (QED) is 0.579. The van der Waals surface area contributed by atoms with Gasteiger partial charge >= 0.3 is 0 Å². The summed E-state index contributed by atoms with van der Waals surface area (Å²) in [5.74, 6) is 0.324. The van der Waals surface area contributed by atoms with E-state index in [4.69, 9.17) is 4.74 Å². The van der Waals surface area contributed by atoms with Crippen LogP contribution in [0.4, 0.5) is 4.39 Å². The number of hydrogen-bond acceptors (Lipinski definition) is 3. The van der Waals surface area contributed by atoms with Crippen LogP contribution in [0, 0.1) is 23.2 Å². The Labute approximate surface area is 136 Å². The van der Waals surface area contributed by atoms with Crippen molar-refractivity contribution in [3.63, 3.8) is 0 Å². The molecule has 0 amide bonds. The van der Waals surface area contributed by atoms with E-state index in [1.807, 2.05) is 36.4 Å². The first-order valence-electron chi connectivity index (χ1n) is 6.41. The average molecular weight is 399 g/mol. The van der Waals surface area contributed by atoms with Gasteiger partial charge in [0.1, 0.15) is 11.6 Å². The lowest BCUT2D eigenvalue weighted by Gasteiger charge is -2.12. The third-order valence-electron chi connectivity index (χ3n) is 3.31. The number of ketones is 1. The summed E-state index contributed by atoms with van der Waals surface area (Å²) in [4.78, 5) is 16.7. The van der Waals surface area contributed by atoms with Gasteiger partial charge in [0.15, 0.2) is 5.78 Å². The van der Waals surface area contributed by atoms with Crippen molar-refractivity contribution < 1.29 is 13.9 Å². The minimum absolute atomic E-state index is 0.0825. The smallest absolute Gasteiger partial charge is 0.169 e. The standard InChI is InChI=1S/C16H15FINO2/c1-9-8-19-14(10(2)16(9)21-3)7-15(20)12-5-4-11(17)6-13(12)18/h4-6,8H,7H2,1-3H3. The molecule has 0 spiro atoms. The second kappa shape index (κ2) is 6.51. The highest BCUT2D eigenvalue weighted by Crippen LogP contribution is 2.25. The minimum atomic E-state index is -0.345. The molecule has 2 aromatic rings. The lowest BCUT2D eigenvalue weighted by molar-refractivity contribution is 0.0990. The number of halogens is 2. The molecular weight excluding hydrogens is 384 g/mol. The monoisotopic (exact) mass is 399 g/mol. The first kappa shape index (κ1) is 15.9. The summed E-state index contributed by atoms with van der Waals surface area (Å²) in [6.07, 6.45) is 1.87. The normalized spacial score (nSPS) is 10.5. The lowest BCUT2D eigenvalue weighted by Crippen LogP contribution is -2.09. The first-order valence-corrected chi connectivity index (χ1v) is 7.49. The van der Waals surface area contributed by atoms with E-state index in [2.05, 4.69) is 4.98 Å². The van der Waals surface area contributed by atoms with Gasteiger partial charge in [0.25, 0.3) is 0 Å². The van der Waals surface area contributed by atoms with E-state index in [1.165, 1.54) is 18.2 Å².